The molecule has 0 saturated carbocycles. The molecule has 1 saturated heterocycles. The molecular weight excluding hydrogens is 334 g/mol. The molecule has 2 aromatic rings. The number of nitrogens with zero attached hydrogens (tertiary/aromatic N) is 3. The molecule has 3 rings (SSSR count). The number of aromatic nitrogens is 2. The second kappa shape index (κ2) is 7.61. The Morgan fingerprint density at radius 3 is 2.69 bits per heavy atom. The Labute approximate surface area is 152 Å². The largest absolute Gasteiger partial charge is 0.442 e. The summed E-state index contributed by atoms with van der Waals surface area (Å²) < 4.78 is 12.2. The van der Waals surface area contributed by atoms with Crippen LogP contribution in [0.2, 0.25) is 0 Å². The van der Waals surface area contributed by atoms with Crippen LogP contribution in [0, 0.1) is 18.8 Å². The molecule has 142 valence electrons. The number of fused-ring (bicyclic) bond motifs is 1. The molecule has 1 aliphatic heterocycles. The molecule has 0 aromatic carbocycles. The first-order chi connectivity index (χ1) is 12.4. The van der Waals surface area contributed by atoms with Gasteiger partial charge in [0.25, 0.3) is 11.5 Å². The van der Waals surface area contributed by atoms with Crippen LogP contribution in [0.5, 0.6) is 0 Å². The van der Waals surface area contributed by atoms with Gasteiger partial charge in [-0.2, -0.15) is 0 Å². The Hall–Kier alpha value is -2.15. The first kappa shape index (κ1) is 18.6. The third-order valence-electron chi connectivity index (χ3n) is 4.97. The minimum Gasteiger partial charge on any atom is -0.442 e. The Balaban J connectivity index is 1.99. The maximum Gasteiger partial charge on any atom is 0.265 e. The summed E-state index contributed by atoms with van der Waals surface area (Å²) in [5.74, 6) is 1.22. The SMILES string of the molecule is COCCCn1cnc2oc(C)c(C(=O)N3CC(C)CC(C)C3)c2c1=O. The minimum absolute atomic E-state index is 0.131. The number of rotatable bonds is 5. The molecule has 1 amide bonds. The van der Waals surface area contributed by atoms with Crippen molar-refractivity contribution < 1.29 is 13.9 Å². The summed E-state index contributed by atoms with van der Waals surface area (Å²) in [6.07, 6.45) is 3.29. The molecule has 3 heterocycles. The molecule has 2 unspecified atom stereocenters. The summed E-state index contributed by atoms with van der Waals surface area (Å²) in [5.41, 5.74) is 0.362. The van der Waals surface area contributed by atoms with Gasteiger partial charge in [-0.15, -0.1) is 0 Å². The predicted molar refractivity (Wildman–Crippen MR) is 98.3 cm³/mol. The topological polar surface area (TPSA) is 77.6 Å². The molecule has 0 spiro atoms. The van der Waals surface area contributed by atoms with Gasteiger partial charge in [0.05, 0.1) is 5.56 Å². The van der Waals surface area contributed by atoms with Crippen molar-refractivity contribution in [3.05, 3.63) is 28.0 Å². The van der Waals surface area contributed by atoms with Crippen LogP contribution < -0.4 is 5.56 Å². The second-order valence-corrected chi connectivity index (χ2v) is 7.46. The monoisotopic (exact) mass is 361 g/mol. The Kier molecular flexibility index (Phi) is 5.46. The number of hydrogen-bond acceptors (Lipinski definition) is 5. The van der Waals surface area contributed by atoms with Gasteiger partial charge in [-0.3, -0.25) is 14.2 Å². The van der Waals surface area contributed by atoms with Gasteiger partial charge >= 0.3 is 0 Å². The molecule has 1 fully saturated rings. The highest BCUT2D eigenvalue weighted by molar-refractivity contribution is 6.06. The fraction of sp³-hybridized carbons (Fsp3) is 0.632. The summed E-state index contributed by atoms with van der Waals surface area (Å²) in [4.78, 5) is 32.2. The molecular formula is C19H27N3O4. The van der Waals surface area contributed by atoms with Gasteiger partial charge in [0.15, 0.2) is 0 Å². The average Bonchev–Trinajstić information content (AvgIpc) is 2.92. The molecule has 0 bridgehead atoms. The molecule has 0 radical (unpaired) electrons. The highest BCUT2D eigenvalue weighted by Crippen LogP contribution is 2.27. The van der Waals surface area contributed by atoms with E-state index in [1.54, 1.807) is 14.0 Å². The summed E-state index contributed by atoms with van der Waals surface area (Å²) in [6, 6.07) is 0. The van der Waals surface area contributed by atoms with Crippen LogP contribution in [-0.4, -0.2) is 47.2 Å². The lowest BCUT2D eigenvalue weighted by molar-refractivity contribution is 0.0623. The maximum absolute atomic E-state index is 13.2. The Morgan fingerprint density at radius 1 is 1.35 bits per heavy atom. The van der Waals surface area contributed by atoms with Crippen LogP contribution in [0.1, 0.15) is 42.8 Å². The Morgan fingerprint density at radius 2 is 2.04 bits per heavy atom. The number of methoxy groups -OCH3 is 1. The van der Waals surface area contributed by atoms with Crippen LogP contribution in [0.3, 0.4) is 0 Å². The van der Waals surface area contributed by atoms with Crippen molar-refractivity contribution in [2.24, 2.45) is 11.8 Å². The number of hydrogen-bond donors (Lipinski definition) is 0. The van der Waals surface area contributed by atoms with Crippen LogP contribution in [-0.2, 0) is 11.3 Å². The van der Waals surface area contributed by atoms with Crippen molar-refractivity contribution in [2.75, 3.05) is 26.8 Å². The van der Waals surface area contributed by atoms with E-state index in [2.05, 4.69) is 18.8 Å². The molecule has 26 heavy (non-hydrogen) atoms. The van der Waals surface area contributed by atoms with Crippen LogP contribution in [0.15, 0.2) is 15.5 Å². The van der Waals surface area contributed by atoms with Crippen molar-refractivity contribution in [1.29, 1.82) is 0 Å². The van der Waals surface area contributed by atoms with Crippen molar-refractivity contribution in [2.45, 2.75) is 40.2 Å². The molecule has 2 aromatic heterocycles. The number of piperidine rings is 1. The van der Waals surface area contributed by atoms with E-state index in [0.29, 0.717) is 61.2 Å². The minimum atomic E-state index is -0.232. The number of carbonyl (C=O) groups is 1. The molecule has 7 nitrogen and oxygen atoms in total. The smallest absolute Gasteiger partial charge is 0.265 e. The summed E-state index contributed by atoms with van der Waals surface area (Å²) >= 11 is 0. The standard InChI is InChI=1S/C19H27N3O4/c1-12-8-13(2)10-22(9-12)18(23)15-14(3)26-17-16(15)19(24)21(11-20-17)6-5-7-25-4/h11-13H,5-10H2,1-4H3. The fourth-order valence-electron chi connectivity index (χ4n) is 3.92. The molecule has 1 aliphatic rings. The zero-order valence-corrected chi connectivity index (χ0v) is 15.9. The molecule has 2 atom stereocenters. The zero-order chi connectivity index (χ0) is 18.8. The van der Waals surface area contributed by atoms with Crippen LogP contribution >= 0.6 is 0 Å². The number of ether oxygens (including phenoxy) is 1. The summed E-state index contributed by atoms with van der Waals surface area (Å²) in [6.45, 7) is 8.49. The number of carbonyl (C=O) groups excluding carboxylic acids is 1. The van der Waals surface area contributed by atoms with E-state index < -0.39 is 0 Å². The normalized spacial score (nSPS) is 20.7. The van der Waals surface area contributed by atoms with Gasteiger partial charge in [-0.05, 0) is 31.6 Å². The van der Waals surface area contributed by atoms with Gasteiger partial charge < -0.3 is 14.1 Å². The highest BCUT2D eigenvalue weighted by atomic mass is 16.5. The van der Waals surface area contributed by atoms with E-state index >= 15 is 0 Å². The predicted octanol–water partition coefficient (Wildman–Crippen LogP) is 2.45. The first-order valence-electron chi connectivity index (χ1n) is 9.19. The summed E-state index contributed by atoms with van der Waals surface area (Å²) in [7, 11) is 1.63. The Bertz CT molecular complexity index is 844. The van der Waals surface area contributed by atoms with Crippen LogP contribution in [0.25, 0.3) is 11.1 Å². The maximum atomic E-state index is 13.2. The lowest BCUT2D eigenvalue weighted by atomic mass is 9.91. The number of aryl methyl sites for hydroxylation is 2. The van der Waals surface area contributed by atoms with Gasteiger partial charge in [-0.25, -0.2) is 4.98 Å². The lowest BCUT2D eigenvalue weighted by Gasteiger charge is -2.34. The number of likely N-dealkylation sites (tertiary alicyclic amines) is 1. The van der Waals surface area contributed by atoms with Crippen molar-refractivity contribution >= 4 is 17.0 Å². The zero-order valence-electron chi connectivity index (χ0n) is 15.9. The van der Waals surface area contributed by atoms with E-state index in [1.807, 2.05) is 4.90 Å². The van der Waals surface area contributed by atoms with E-state index in [0.717, 1.165) is 6.42 Å². The van der Waals surface area contributed by atoms with Gasteiger partial charge in [-0.1, -0.05) is 13.8 Å². The third-order valence-corrected chi connectivity index (χ3v) is 4.97. The van der Waals surface area contributed by atoms with Crippen molar-refractivity contribution in [1.82, 2.24) is 14.5 Å². The molecule has 0 aliphatic carbocycles. The number of furan rings is 1. The van der Waals surface area contributed by atoms with Gasteiger partial charge in [0.1, 0.15) is 17.5 Å². The molecule has 0 N–H and O–H groups in total. The van der Waals surface area contributed by atoms with E-state index in [4.69, 9.17) is 9.15 Å². The van der Waals surface area contributed by atoms with E-state index in [-0.39, 0.29) is 17.2 Å². The summed E-state index contributed by atoms with van der Waals surface area (Å²) in [5, 5.41) is 0.290. The highest BCUT2D eigenvalue weighted by Gasteiger charge is 2.31. The van der Waals surface area contributed by atoms with Crippen molar-refractivity contribution in [3.63, 3.8) is 0 Å². The molecule has 7 heteroatoms. The fourth-order valence-corrected chi connectivity index (χ4v) is 3.92. The number of amides is 1. The quantitative estimate of drug-likeness (QED) is 0.765. The lowest BCUT2D eigenvalue weighted by Crippen LogP contribution is -2.43. The van der Waals surface area contributed by atoms with Gasteiger partial charge in [0, 0.05) is 33.4 Å². The van der Waals surface area contributed by atoms with Crippen molar-refractivity contribution in [3.8, 4) is 0 Å². The van der Waals surface area contributed by atoms with E-state index in [9.17, 15) is 9.59 Å². The van der Waals surface area contributed by atoms with Gasteiger partial charge in [0.2, 0.25) is 5.71 Å². The van der Waals surface area contributed by atoms with Crippen LogP contribution in [0.4, 0.5) is 0 Å². The first-order valence-corrected chi connectivity index (χ1v) is 9.19. The average molecular weight is 361 g/mol. The second-order valence-electron chi connectivity index (χ2n) is 7.46. The third kappa shape index (κ3) is 3.53. The van der Waals surface area contributed by atoms with E-state index in [1.165, 1.54) is 10.9 Å².